The van der Waals surface area contributed by atoms with Gasteiger partial charge in [0, 0.05) is 23.1 Å². The quantitative estimate of drug-likeness (QED) is 0.475. The number of nitrogens with one attached hydrogen (secondary N) is 1. The van der Waals surface area contributed by atoms with Crippen LogP contribution in [0, 0.1) is 5.82 Å². The zero-order valence-corrected chi connectivity index (χ0v) is 16.2. The van der Waals surface area contributed by atoms with Gasteiger partial charge < -0.3 is 14.3 Å². The number of benzene rings is 2. The second-order valence-corrected chi connectivity index (χ2v) is 7.38. The smallest absolute Gasteiger partial charge is 0.234 e. The van der Waals surface area contributed by atoms with Crippen LogP contribution in [0.15, 0.2) is 58.1 Å². The van der Waals surface area contributed by atoms with Gasteiger partial charge >= 0.3 is 0 Å². The molecule has 4 rings (SSSR count). The Hall–Kier alpha value is -2.84. The van der Waals surface area contributed by atoms with E-state index in [1.54, 1.807) is 29.8 Å². The van der Waals surface area contributed by atoms with Crippen LogP contribution in [-0.2, 0) is 11.8 Å². The molecule has 0 saturated carbocycles. The molecule has 0 spiro atoms. The number of amides is 1. The maximum atomic E-state index is 13.2. The molecule has 2 aromatic heterocycles. The zero-order chi connectivity index (χ0) is 19.7. The molecule has 0 aliphatic carbocycles. The van der Waals surface area contributed by atoms with Gasteiger partial charge in [0.1, 0.15) is 11.4 Å². The molecular weight excluding hydrogens is 403 g/mol. The standard InChI is InChI=1S/C19H14ClFN4O2S/c1-25-18(16-8-11-7-12(20)5-6-15(11)27-16)23-24-19(25)28-10-17(26)22-14-4-2-3-13(21)9-14/h2-9H,10H2,1H3,(H,22,26). The van der Waals surface area contributed by atoms with Crippen LogP contribution in [0.25, 0.3) is 22.6 Å². The Labute approximate surface area is 168 Å². The van der Waals surface area contributed by atoms with Crippen LogP contribution in [0.3, 0.4) is 0 Å². The Balaban J connectivity index is 1.46. The number of anilines is 1. The first kappa shape index (κ1) is 18.5. The molecule has 2 aromatic carbocycles. The predicted octanol–water partition coefficient (Wildman–Crippen LogP) is 4.75. The van der Waals surface area contributed by atoms with E-state index in [0.29, 0.717) is 33.0 Å². The summed E-state index contributed by atoms with van der Waals surface area (Å²) < 4.78 is 20.8. The highest BCUT2D eigenvalue weighted by molar-refractivity contribution is 7.99. The number of carbonyl (C=O) groups is 1. The Morgan fingerprint density at radius 3 is 2.93 bits per heavy atom. The van der Waals surface area contributed by atoms with Gasteiger partial charge in [-0.1, -0.05) is 29.4 Å². The van der Waals surface area contributed by atoms with Crippen molar-refractivity contribution < 1.29 is 13.6 Å². The van der Waals surface area contributed by atoms with Gasteiger partial charge in [-0.2, -0.15) is 0 Å². The normalized spacial score (nSPS) is 11.1. The van der Waals surface area contributed by atoms with Gasteiger partial charge in [-0.3, -0.25) is 4.79 Å². The number of hydrogen-bond acceptors (Lipinski definition) is 5. The number of halogens is 2. The van der Waals surface area contributed by atoms with E-state index in [2.05, 4.69) is 15.5 Å². The monoisotopic (exact) mass is 416 g/mol. The van der Waals surface area contributed by atoms with Crippen LogP contribution >= 0.6 is 23.4 Å². The molecule has 0 aliphatic heterocycles. The van der Waals surface area contributed by atoms with E-state index < -0.39 is 5.82 Å². The van der Waals surface area contributed by atoms with E-state index in [1.165, 1.54) is 30.0 Å². The number of nitrogens with zero attached hydrogens (tertiary/aromatic N) is 3. The second-order valence-electron chi connectivity index (χ2n) is 6.01. The lowest BCUT2D eigenvalue weighted by molar-refractivity contribution is -0.113. The van der Waals surface area contributed by atoms with Gasteiger partial charge in [0.25, 0.3) is 0 Å². The fourth-order valence-corrected chi connectivity index (χ4v) is 3.56. The van der Waals surface area contributed by atoms with Crippen molar-refractivity contribution in [3.63, 3.8) is 0 Å². The molecule has 6 nitrogen and oxygen atoms in total. The van der Waals surface area contributed by atoms with Crippen LogP contribution < -0.4 is 5.32 Å². The minimum absolute atomic E-state index is 0.109. The average Bonchev–Trinajstić information content (AvgIpc) is 3.22. The van der Waals surface area contributed by atoms with Crippen LogP contribution in [-0.4, -0.2) is 26.4 Å². The Kier molecular flexibility index (Phi) is 5.06. The Bertz CT molecular complexity index is 1170. The molecule has 0 atom stereocenters. The third-order valence-electron chi connectivity index (χ3n) is 3.97. The maximum absolute atomic E-state index is 13.2. The summed E-state index contributed by atoms with van der Waals surface area (Å²) >= 11 is 7.23. The lowest BCUT2D eigenvalue weighted by Gasteiger charge is -2.05. The zero-order valence-electron chi connectivity index (χ0n) is 14.6. The molecule has 0 aliphatic rings. The number of rotatable bonds is 5. The van der Waals surface area contributed by atoms with Crippen LogP contribution in [0.1, 0.15) is 0 Å². The van der Waals surface area contributed by atoms with Crippen molar-refractivity contribution in [1.29, 1.82) is 0 Å². The minimum atomic E-state index is -0.407. The van der Waals surface area contributed by atoms with Crippen LogP contribution in [0.2, 0.25) is 5.02 Å². The number of furan rings is 1. The number of aromatic nitrogens is 3. The molecule has 9 heteroatoms. The van der Waals surface area contributed by atoms with Crippen molar-refractivity contribution in [3.8, 4) is 11.6 Å². The highest BCUT2D eigenvalue weighted by Crippen LogP contribution is 2.30. The fraction of sp³-hybridized carbons (Fsp3) is 0.105. The van der Waals surface area contributed by atoms with Gasteiger partial charge in [0.2, 0.25) is 5.91 Å². The first-order valence-corrected chi connectivity index (χ1v) is 9.63. The second kappa shape index (κ2) is 7.65. The van der Waals surface area contributed by atoms with Gasteiger partial charge in [0.15, 0.2) is 16.7 Å². The summed E-state index contributed by atoms with van der Waals surface area (Å²) in [5.74, 6) is 0.538. The molecule has 0 saturated heterocycles. The van der Waals surface area contributed by atoms with Crippen LogP contribution in [0.4, 0.5) is 10.1 Å². The summed E-state index contributed by atoms with van der Waals surface area (Å²) in [6.45, 7) is 0. The van der Waals surface area contributed by atoms with Gasteiger partial charge in [0.05, 0.1) is 5.75 Å². The maximum Gasteiger partial charge on any atom is 0.234 e. The van der Waals surface area contributed by atoms with E-state index in [4.69, 9.17) is 16.0 Å². The molecule has 142 valence electrons. The van der Waals surface area contributed by atoms with Crippen molar-refractivity contribution in [3.05, 3.63) is 59.4 Å². The predicted molar refractivity (Wildman–Crippen MR) is 107 cm³/mol. The highest BCUT2D eigenvalue weighted by Gasteiger charge is 2.16. The van der Waals surface area contributed by atoms with Crippen molar-refractivity contribution in [2.45, 2.75) is 5.16 Å². The fourth-order valence-electron chi connectivity index (χ4n) is 2.67. The SMILES string of the molecule is Cn1c(SCC(=O)Nc2cccc(F)c2)nnc1-c1cc2cc(Cl)ccc2o1. The third-order valence-corrected chi connectivity index (χ3v) is 5.23. The molecule has 1 N–H and O–H groups in total. The van der Waals surface area contributed by atoms with E-state index in [9.17, 15) is 9.18 Å². The largest absolute Gasteiger partial charge is 0.453 e. The van der Waals surface area contributed by atoms with Gasteiger partial charge in [-0.15, -0.1) is 10.2 Å². The topological polar surface area (TPSA) is 73.0 Å². The Morgan fingerprint density at radius 1 is 1.25 bits per heavy atom. The average molecular weight is 417 g/mol. The van der Waals surface area contributed by atoms with Gasteiger partial charge in [-0.05, 0) is 42.5 Å². The molecule has 0 bridgehead atoms. The summed E-state index contributed by atoms with van der Waals surface area (Å²) in [4.78, 5) is 12.1. The third kappa shape index (κ3) is 3.88. The molecular formula is C19H14ClFN4O2S. The van der Waals surface area contributed by atoms with E-state index in [0.717, 1.165) is 5.39 Å². The molecule has 2 heterocycles. The number of thioether (sulfide) groups is 1. The summed E-state index contributed by atoms with van der Waals surface area (Å²) in [5, 5.41) is 13.0. The van der Waals surface area contributed by atoms with Crippen molar-refractivity contribution in [1.82, 2.24) is 14.8 Å². The van der Waals surface area contributed by atoms with Crippen molar-refractivity contribution in [2.75, 3.05) is 11.1 Å². The lowest BCUT2D eigenvalue weighted by atomic mass is 10.2. The summed E-state index contributed by atoms with van der Waals surface area (Å²) in [5.41, 5.74) is 1.11. The van der Waals surface area contributed by atoms with E-state index >= 15 is 0 Å². The summed E-state index contributed by atoms with van der Waals surface area (Å²) in [6, 6.07) is 12.9. The molecule has 1 amide bonds. The number of fused-ring (bicyclic) bond motifs is 1. The summed E-state index contributed by atoms with van der Waals surface area (Å²) in [7, 11) is 1.79. The first-order valence-electron chi connectivity index (χ1n) is 8.27. The van der Waals surface area contributed by atoms with Crippen LogP contribution in [0.5, 0.6) is 0 Å². The minimum Gasteiger partial charge on any atom is -0.453 e. The molecule has 0 fully saturated rings. The molecule has 0 radical (unpaired) electrons. The number of hydrogen-bond donors (Lipinski definition) is 1. The molecule has 0 unspecified atom stereocenters. The molecule has 4 aromatic rings. The molecule has 28 heavy (non-hydrogen) atoms. The van der Waals surface area contributed by atoms with Crippen molar-refractivity contribution >= 4 is 45.9 Å². The van der Waals surface area contributed by atoms with Gasteiger partial charge in [-0.25, -0.2) is 4.39 Å². The lowest BCUT2D eigenvalue weighted by Crippen LogP contribution is -2.14. The number of carbonyl (C=O) groups excluding carboxylic acids is 1. The van der Waals surface area contributed by atoms with E-state index in [1.807, 2.05) is 12.1 Å². The van der Waals surface area contributed by atoms with Crippen molar-refractivity contribution in [2.24, 2.45) is 7.05 Å². The first-order chi connectivity index (χ1) is 13.5. The summed E-state index contributed by atoms with van der Waals surface area (Å²) in [6.07, 6.45) is 0. The Morgan fingerprint density at radius 2 is 2.11 bits per heavy atom. The van der Waals surface area contributed by atoms with E-state index in [-0.39, 0.29) is 11.7 Å². The highest BCUT2D eigenvalue weighted by atomic mass is 35.5.